The lowest BCUT2D eigenvalue weighted by Crippen LogP contribution is -2.45. The van der Waals surface area contributed by atoms with E-state index in [2.05, 4.69) is 32.2 Å². The van der Waals surface area contributed by atoms with Crippen molar-refractivity contribution in [2.75, 3.05) is 20.2 Å². The van der Waals surface area contributed by atoms with Gasteiger partial charge in [-0.05, 0) is 42.5 Å². The lowest BCUT2D eigenvalue weighted by Gasteiger charge is -2.35. The third-order valence-corrected chi connectivity index (χ3v) is 3.82. The number of nitrogens with zero attached hydrogens (tertiary/aromatic N) is 1. The predicted octanol–water partition coefficient (Wildman–Crippen LogP) is 2.98. The quantitative estimate of drug-likeness (QED) is 0.922. The summed E-state index contributed by atoms with van der Waals surface area (Å²) in [5.41, 5.74) is 2.50. The molecule has 2 rings (SSSR count). The molecular formula is C16H24N2O2. The summed E-state index contributed by atoms with van der Waals surface area (Å²) in [4.78, 5) is 14.2. The first kappa shape index (κ1) is 14.7. The van der Waals surface area contributed by atoms with Gasteiger partial charge in [0.2, 0.25) is 0 Å². The number of nitrogens with one attached hydrogen (secondary N) is 1. The molecule has 0 fully saturated rings. The van der Waals surface area contributed by atoms with Crippen molar-refractivity contribution < 1.29 is 9.53 Å². The molecule has 1 aliphatic rings. The molecule has 1 unspecified atom stereocenters. The number of hydrogen-bond donors (Lipinski definition) is 1. The Morgan fingerprint density at radius 1 is 1.50 bits per heavy atom. The summed E-state index contributed by atoms with van der Waals surface area (Å²) in [6.07, 6.45) is 0.902. The summed E-state index contributed by atoms with van der Waals surface area (Å²) < 4.78 is 5.28. The molecular weight excluding hydrogens is 252 g/mol. The molecule has 0 saturated heterocycles. The van der Waals surface area contributed by atoms with Crippen molar-refractivity contribution in [2.45, 2.75) is 33.2 Å². The zero-order chi connectivity index (χ0) is 14.7. The van der Waals surface area contributed by atoms with Gasteiger partial charge in [0.1, 0.15) is 5.75 Å². The number of fused-ring (bicyclic) bond motifs is 1. The number of urea groups is 1. The fourth-order valence-electron chi connectivity index (χ4n) is 2.59. The van der Waals surface area contributed by atoms with E-state index in [1.54, 1.807) is 7.11 Å². The molecule has 0 saturated carbocycles. The molecule has 0 aromatic heterocycles. The van der Waals surface area contributed by atoms with Crippen molar-refractivity contribution in [3.05, 3.63) is 29.3 Å². The molecule has 1 heterocycles. The molecule has 0 bridgehead atoms. The summed E-state index contributed by atoms with van der Waals surface area (Å²) >= 11 is 0. The van der Waals surface area contributed by atoms with Gasteiger partial charge in [-0.1, -0.05) is 19.9 Å². The highest BCUT2D eigenvalue weighted by atomic mass is 16.5. The van der Waals surface area contributed by atoms with E-state index in [1.165, 1.54) is 11.1 Å². The van der Waals surface area contributed by atoms with Gasteiger partial charge in [0.05, 0.1) is 13.2 Å². The molecule has 20 heavy (non-hydrogen) atoms. The summed E-state index contributed by atoms with van der Waals surface area (Å²) in [5, 5.41) is 3.00. The van der Waals surface area contributed by atoms with Crippen LogP contribution < -0.4 is 10.1 Å². The Balaban J connectivity index is 2.13. The van der Waals surface area contributed by atoms with Crippen LogP contribution in [0, 0.1) is 5.92 Å². The Morgan fingerprint density at radius 3 is 2.90 bits per heavy atom. The van der Waals surface area contributed by atoms with Gasteiger partial charge in [-0.25, -0.2) is 4.79 Å². The van der Waals surface area contributed by atoms with Crippen LogP contribution in [0.25, 0.3) is 0 Å². The molecule has 1 N–H and O–H groups in total. The molecule has 1 aromatic carbocycles. The normalized spacial score (nSPS) is 17.9. The fourth-order valence-corrected chi connectivity index (χ4v) is 2.59. The van der Waals surface area contributed by atoms with Crippen LogP contribution in [0.2, 0.25) is 0 Å². The summed E-state index contributed by atoms with van der Waals surface area (Å²) in [6, 6.07) is 6.25. The minimum atomic E-state index is 0.0275. The lowest BCUT2D eigenvalue weighted by atomic mass is 9.93. The largest absolute Gasteiger partial charge is 0.497 e. The van der Waals surface area contributed by atoms with E-state index in [0.717, 1.165) is 18.7 Å². The monoisotopic (exact) mass is 276 g/mol. The molecule has 0 spiro atoms. The zero-order valence-corrected chi connectivity index (χ0v) is 12.8. The SMILES string of the molecule is COc1ccc2c(c1)C(C)N(C(=O)NCC(C)C)CC2. The fraction of sp³-hybridized carbons (Fsp3) is 0.562. The maximum absolute atomic E-state index is 12.3. The molecule has 1 atom stereocenters. The molecule has 1 aromatic rings. The second-order valence-electron chi connectivity index (χ2n) is 5.76. The van der Waals surface area contributed by atoms with E-state index in [9.17, 15) is 4.79 Å². The van der Waals surface area contributed by atoms with E-state index >= 15 is 0 Å². The Morgan fingerprint density at radius 2 is 2.25 bits per heavy atom. The number of amides is 2. The Bertz CT molecular complexity index is 485. The number of ether oxygens (including phenoxy) is 1. The minimum absolute atomic E-state index is 0.0275. The maximum atomic E-state index is 12.3. The first-order valence-electron chi connectivity index (χ1n) is 7.24. The van der Waals surface area contributed by atoms with Gasteiger partial charge in [-0.2, -0.15) is 0 Å². The molecule has 4 heteroatoms. The van der Waals surface area contributed by atoms with Gasteiger partial charge in [0, 0.05) is 13.1 Å². The zero-order valence-electron chi connectivity index (χ0n) is 12.8. The summed E-state index contributed by atoms with van der Waals surface area (Å²) in [5.74, 6) is 1.31. The average molecular weight is 276 g/mol. The van der Waals surface area contributed by atoms with Crippen molar-refractivity contribution >= 4 is 6.03 Å². The van der Waals surface area contributed by atoms with E-state index in [0.29, 0.717) is 12.5 Å². The van der Waals surface area contributed by atoms with Crippen molar-refractivity contribution in [1.82, 2.24) is 10.2 Å². The molecule has 0 aliphatic carbocycles. The first-order valence-corrected chi connectivity index (χ1v) is 7.24. The van der Waals surface area contributed by atoms with Crippen molar-refractivity contribution in [2.24, 2.45) is 5.92 Å². The Labute approximate surface area is 121 Å². The highest BCUT2D eigenvalue weighted by molar-refractivity contribution is 5.75. The number of hydrogen-bond acceptors (Lipinski definition) is 2. The van der Waals surface area contributed by atoms with Gasteiger partial charge in [-0.15, -0.1) is 0 Å². The van der Waals surface area contributed by atoms with Crippen LogP contribution >= 0.6 is 0 Å². The smallest absolute Gasteiger partial charge is 0.317 e. The average Bonchev–Trinajstić information content (AvgIpc) is 2.45. The molecule has 2 amide bonds. The van der Waals surface area contributed by atoms with Gasteiger partial charge in [-0.3, -0.25) is 0 Å². The molecule has 110 valence electrons. The first-order chi connectivity index (χ1) is 9.52. The third kappa shape index (κ3) is 3.06. The van der Waals surface area contributed by atoms with Gasteiger partial charge in [0.15, 0.2) is 0 Å². The lowest BCUT2D eigenvalue weighted by molar-refractivity contribution is 0.173. The van der Waals surface area contributed by atoms with Crippen LogP contribution in [-0.4, -0.2) is 31.1 Å². The van der Waals surface area contributed by atoms with Crippen molar-refractivity contribution in [1.29, 1.82) is 0 Å². The minimum Gasteiger partial charge on any atom is -0.497 e. The third-order valence-electron chi connectivity index (χ3n) is 3.82. The molecule has 4 nitrogen and oxygen atoms in total. The van der Waals surface area contributed by atoms with Crippen LogP contribution in [0.1, 0.15) is 37.9 Å². The highest BCUT2D eigenvalue weighted by Crippen LogP contribution is 2.32. The van der Waals surface area contributed by atoms with Gasteiger partial charge < -0.3 is 15.0 Å². The number of rotatable bonds is 3. The second-order valence-corrected chi connectivity index (χ2v) is 5.76. The van der Waals surface area contributed by atoms with Crippen LogP contribution in [0.4, 0.5) is 4.79 Å². The van der Waals surface area contributed by atoms with E-state index in [4.69, 9.17) is 4.74 Å². The number of carbonyl (C=O) groups is 1. The van der Waals surface area contributed by atoms with Crippen LogP contribution in [0.5, 0.6) is 5.75 Å². The predicted molar refractivity (Wildman–Crippen MR) is 80.1 cm³/mol. The van der Waals surface area contributed by atoms with Crippen LogP contribution in [0.15, 0.2) is 18.2 Å². The molecule has 0 radical (unpaired) electrons. The standard InChI is InChI=1S/C16H24N2O2/c1-11(2)10-17-16(19)18-8-7-13-5-6-14(20-4)9-15(13)12(18)3/h5-6,9,11-12H,7-8,10H2,1-4H3,(H,17,19). The number of carbonyl (C=O) groups excluding carboxylic acids is 1. The summed E-state index contributed by atoms with van der Waals surface area (Å²) in [6.45, 7) is 7.75. The topological polar surface area (TPSA) is 41.6 Å². The number of methoxy groups -OCH3 is 1. The van der Waals surface area contributed by atoms with E-state index in [-0.39, 0.29) is 12.1 Å². The van der Waals surface area contributed by atoms with Crippen LogP contribution in [0.3, 0.4) is 0 Å². The van der Waals surface area contributed by atoms with Gasteiger partial charge >= 0.3 is 6.03 Å². The highest BCUT2D eigenvalue weighted by Gasteiger charge is 2.27. The van der Waals surface area contributed by atoms with Crippen molar-refractivity contribution in [3.63, 3.8) is 0 Å². The van der Waals surface area contributed by atoms with E-state index < -0.39 is 0 Å². The van der Waals surface area contributed by atoms with Crippen LogP contribution in [-0.2, 0) is 6.42 Å². The number of benzene rings is 1. The van der Waals surface area contributed by atoms with Gasteiger partial charge in [0.25, 0.3) is 0 Å². The summed E-state index contributed by atoms with van der Waals surface area (Å²) in [7, 11) is 1.67. The van der Waals surface area contributed by atoms with E-state index in [1.807, 2.05) is 17.0 Å². The Kier molecular flexibility index (Phi) is 4.53. The molecule has 1 aliphatic heterocycles. The van der Waals surface area contributed by atoms with Crippen molar-refractivity contribution in [3.8, 4) is 5.75 Å². The maximum Gasteiger partial charge on any atom is 0.317 e. The Hall–Kier alpha value is -1.71. The second kappa shape index (κ2) is 6.16.